The smallest absolute Gasteiger partial charge is 0.261 e. The molecular formula is C23H30N2O3S2. The van der Waals surface area contributed by atoms with E-state index in [0.29, 0.717) is 17.8 Å². The van der Waals surface area contributed by atoms with Crippen LogP contribution in [-0.2, 0) is 10.0 Å². The van der Waals surface area contributed by atoms with Gasteiger partial charge < -0.3 is 5.32 Å². The Hall–Kier alpha value is -1.99. The standard InChI is InChI=1S/C23H30N2O3S2/c1-17-8-12-21(13-9-17)30(27,28)25-22-16-19(11-10-18(22)2)23(26)24-14-15-29-20-6-4-3-5-7-20/h8-13,16,20,25H,3-7,14-15H2,1-2H3,(H,24,26). The Morgan fingerprint density at radius 2 is 1.73 bits per heavy atom. The maximum atomic E-state index is 12.7. The van der Waals surface area contributed by atoms with Crippen LogP contribution in [0, 0.1) is 13.8 Å². The summed E-state index contributed by atoms with van der Waals surface area (Å²) in [6.45, 7) is 4.33. The first-order valence-electron chi connectivity index (χ1n) is 10.4. The van der Waals surface area contributed by atoms with Gasteiger partial charge in [0.15, 0.2) is 0 Å². The van der Waals surface area contributed by atoms with Crippen LogP contribution in [0.5, 0.6) is 0 Å². The number of anilines is 1. The second kappa shape index (κ2) is 10.4. The molecule has 1 fully saturated rings. The predicted octanol–water partition coefficient (Wildman–Crippen LogP) is 4.90. The lowest BCUT2D eigenvalue weighted by atomic mass is 10.0. The average Bonchev–Trinajstić information content (AvgIpc) is 2.73. The van der Waals surface area contributed by atoms with Gasteiger partial charge in [0.1, 0.15) is 0 Å². The fourth-order valence-electron chi connectivity index (χ4n) is 3.52. The predicted molar refractivity (Wildman–Crippen MR) is 125 cm³/mol. The zero-order valence-corrected chi connectivity index (χ0v) is 19.2. The van der Waals surface area contributed by atoms with Crippen LogP contribution in [-0.4, -0.2) is 31.9 Å². The van der Waals surface area contributed by atoms with Crippen LogP contribution in [0.25, 0.3) is 0 Å². The highest BCUT2D eigenvalue weighted by molar-refractivity contribution is 7.99. The summed E-state index contributed by atoms with van der Waals surface area (Å²) in [6, 6.07) is 11.8. The molecule has 0 heterocycles. The molecule has 1 aliphatic rings. The number of hydrogen-bond donors (Lipinski definition) is 2. The highest BCUT2D eigenvalue weighted by atomic mass is 32.2. The minimum atomic E-state index is -3.71. The van der Waals surface area contributed by atoms with Gasteiger partial charge in [0.25, 0.3) is 15.9 Å². The Morgan fingerprint density at radius 3 is 2.43 bits per heavy atom. The molecule has 0 unspecified atom stereocenters. The van der Waals surface area contributed by atoms with Crippen molar-refractivity contribution in [2.45, 2.75) is 56.1 Å². The van der Waals surface area contributed by atoms with Crippen molar-refractivity contribution in [3.05, 3.63) is 59.2 Å². The molecule has 0 bridgehead atoms. The van der Waals surface area contributed by atoms with E-state index in [1.165, 1.54) is 32.1 Å². The largest absolute Gasteiger partial charge is 0.351 e. The molecule has 5 nitrogen and oxygen atoms in total. The van der Waals surface area contributed by atoms with Crippen molar-refractivity contribution in [1.82, 2.24) is 5.32 Å². The average molecular weight is 447 g/mol. The third-order valence-electron chi connectivity index (χ3n) is 5.37. The van der Waals surface area contributed by atoms with Crippen molar-refractivity contribution in [2.24, 2.45) is 0 Å². The van der Waals surface area contributed by atoms with Gasteiger partial charge in [0.2, 0.25) is 0 Å². The van der Waals surface area contributed by atoms with Crippen molar-refractivity contribution >= 4 is 33.4 Å². The molecule has 162 valence electrons. The number of thioether (sulfide) groups is 1. The van der Waals surface area contributed by atoms with E-state index >= 15 is 0 Å². The van der Waals surface area contributed by atoms with Crippen molar-refractivity contribution in [3.8, 4) is 0 Å². The van der Waals surface area contributed by atoms with Crippen LogP contribution < -0.4 is 10.0 Å². The summed E-state index contributed by atoms with van der Waals surface area (Å²) in [6.07, 6.45) is 6.53. The monoisotopic (exact) mass is 446 g/mol. The first kappa shape index (κ1) is 22.7. The van der Waals surface area contributed by atoms with Crippen molar-refractivity contribution in [1.29, 1.82) is 0 Å². The summed E-state index contributed by atoms with van der Waals surface area (Å²) >= 11 is 1.94. The lowest BCUT2D eigenvalue weighted by Crippen LogP contribution is -2.26. The number of carbonyl (C=O) groups is 1. The first-order valence-corrected chi connectivity index (χ1v) is 13.0. The van der Waals surface area contributed by atoms with Crippen LogP contribution in [0.2, 0.25) is 0 Å². The molecule has 2 aromatic rings. The van der Waals surface area contributed by atoms with E-state index in [2.05, 4.69) is 10.0 Å². The highest BCUT2D eigenvalue weighted by Gasteiger charge is 2.17. The number of amides is 1. The molecule has 0 aromatic heterocycles. The molecule has 0 aliphatic heterocycles. The third-order valence-corrected chi connectivity index (χ3v) is 8.13. The van der Waals surface area contributed by atoms with Gasteiger partial charge in [-0.2, -0.15) is 11.8 Å². The molecule has 30 heavy (non-hydrogen) atoms. The molecule has 0 atom stereocenters. The summed E-state index contributed by atoms with van der Waals surface area (Å²) in [5.74, 6) is 0.713. The molecule has 1 amide bonds. The summed E-state index contributed by atoms with van der Waals surface area (Å²) in [4.78, 5) is 12.7. The number of carbonyl (C=O) groups excluding carboxylic acids is 1. The molecule has 1 aliphatic carbocycles. The number of aryl methyl sites for hydroxylation is 2. The summed E-state index contributed by atoms with van der Waals surface area (Å²) in [5, 5.41) is 3.67. The van der Waals surface area contributed by atoms with Crippen molar-refractivity contribution in [3.63, 3.8) is 0 Å². The Balaban J connectivity index is 1.59. The van der Waals surface area contributed by atoms with Gasteiger partial charge in [-0.05, 0) is 56.5 Å². The van der Waals surface area contributed by atoms with E-state index in [-0.39, 0.29) is 10.8 Å². The molecule has 7 heteroatoms. The number of rotatable bonds is 8. The Kier molecular flexibility index (Phi) is 7.83. The van der Waals surface area contributed by atoms with Crippen LogP contribution in [0.1, 0.15) is 53.6 Å². The van der Waals surface area contributed by atoms with E-state index in [4.69, 9.17) is 0 Å². The maximum Gasteiger partial charge on any atom is 0.261 e. The van der Waals surface area contributed by atoms with Gasteiger partial charge in [-0.1, -0.05) is 43.0 Å². The third kappa shape index (κ3) is 6.25. The van der Waals surface area contributed by atoms with Gasteiger partial charge in [-0.3, -0.25) is 9.52 Å². The van der Waals surface area contributed by atoms with Crippen LogP contribution in [0.4, 0.5) is 5.69 Å². The van der Waals surface area contributed by atoms with E-state index in [9.17, 15) is 13.2 Å². The van der Waals surface area contributed by atoms with E-state index in [1.807, 2.05) is 25.6 Å². The molecule has 0 radical (unpaired) electrons. The zero-order chi connectivity index (χ0) is 21.6. The quantitative estimate of drug-likeness (QED) is 0.566. The lowest BCUT2D eigenvalue weighted by Gasteiger charge is -2.20. The SMILES string of the molecule is Cc1ccc(S(=O)(=O)Nc2cc(C(=O)NCCSC3CCCCC3)ccc2C)cc1. The van der Waals surface area contributed by atoms with Gasteiger partial charge in [-0.25, -0.2) is 8.42 Å². The number of sulfonamides is 1. The molecule has 0 spiro atoms. The normalized spacial score (nSPS) is 15.0. The first-order chi connectivity index (χ1) is 14.3. The number of hydrogen-bond acceptors (Lipinski definition) is 4. The Morgan fingerprint density at radius 1 is 1.03 bits per heavy atom. The fraction of sp³-hybridized carbons (Fsp3) is 0.435. The zero-order valence-electron chi connectivity index (χ0n) is 17.6. The summed E-state index contributed by atoms with van der Waals surface area (Å²) in [7, 11) is -3.71. The van der Waals surface area contributed by atoms with Crippen molar-refractivity contribution < 1.29 is 13.2 Å². The van der Waals surface area contributed by atoms with Crippen LogP contribution in [0.15, 0.2) is 47.4 Å². The summed E-state index contributed by atoms with van der Waals surface area (Å²) in [5.41, 5.74) is 2.62. The molecule has 0 saturated heterocycles. The van der Waals surface area contributed by atoms with Crippen LogP contribution in [0.3, 0.4) is 0 Å². The number of benzene rings is 2. The molecular weight excluding hydrogens is 416 g/mol. The fourth-order valence-corrected chi connectivity index (χ4v) is 5.86. The van der Waals surface area contributed by atoms with E-state index < -0.39 is 10.0 Å². The van der Waals surface area contributed by atoms with Crippen molar-refractivity contribution in [2.75, 3.05) is 17.0 Å². The summed E-state index contributed by atoms with van der Waals surface area (Å²) < 4.78 is 28.0. The molecule has 3 rings (SSSR count). The van der Waals surface area contributed by atoms with E-state index in [0.717, 1.165) is 22.1 Å². The lowest BCUT2D eigenvalue weighted by molar-refractivity contribution is 0.0956. The van der Waals surface area contributed by atoms with Gasteiger partial charge in [0, 0.05) is 23.1 Å². The maximum absolute atomic E-state index is 12.7. The van der Waals surface area contributed by atoms with Gasteiger partial charge in [0.05, 0.1) is 10.6 Å². The van der Waals surface area contributed by atoms with E-state index in [1.54, 1.807) is 42.5 Å². The molecule has 1 saturated carbocycles. The highest BCUT2D eigenvalue weighted by Crippen LogP contribution is 2.27. The second-order valence-corrected chi connectivity index (χ2v) is 10.9. The minimum Gasteiger partial charge on any atom is -0.351 e. The molecule has 2 aromatic carbocycles. The second-order valence-electron chi connectivity index (χ2n) is 7.83. The Labute approximate surface area is 184 Å². The van der Waals surface area contributed by atoms with Gasteiger partial charge >= 0.3 is 0 Å². The van der Waals surface area contributed by atoms with Gasteiger partial charge in [-0.15, -0.1) is 0 Å². The topological polar surface area (TPSA) is 75.3 Å². The molecule has 2 N–H and O–H groups in total. The minimum absolute atomic E-state index is 0.185. The Bertz CT molecular complexity index is 966. The van der Waals surface area contributed by atoms with Crippen LogP contribution >= 0.6 is 11.8 Å². The number of nitrogens with one attached hydrogen (secondary N) is 2.